The second-order valence-electron chi connectivity index (χ2n) is 5.69. The van der Waals surface area contributed by atoms with Crippen molar-refractivity contribution in [2.45, 2.75) is 37.6 Å². The van der Waals surface area contributed by atoms with E-state index in [9.17, 15) is 0 Å². The van der Waals surface area contributed by atoms with Crippen LogP contribution < -0.4 is 5.43 Å². The van der Waals surface area contributed by atoms with Crippen molar-refractivity contribution in [1.29, 1.82) is 0 Å². The monoisotopic (exact) mass is 292 g/mol. The predicted octanol–water partition coefficient (Wildman–Crippen LogP) is 4.31. The molecule has 1 aliphatic heterocycles. The summed E-state index contributed by atoms with van der Waals surface area (Å²) in [6, 6.07) is 8.97. The molecule has 19 heavy (non-hydrogen) atoms. The van der Waals surface area contributed by atoms with Crippen LogP contribution in [-0.4, -0.2) is 10.5 Å². The number of hydrogen-bond donors (Lipinski definition) is 1. The van der Waals surface area contributed by atoms with Gasteiger partial charge in [-0.15, -0.1) is 0 Å². The first kappa shape index (κ1) is 12.1. The summed E-state index contributed by atoms with van der Waals surface area (Å²) in [5.41, 5.74) is 6.45. The normalized spacial score (nSPS) is 30.7. The Morgan fingerprint density at radius 3 is 2.53 bits per heavy atom. The van der Waals surface area contributed by atoms with E-state index in [0.717, 1.165) is 10.9 Å². The number of nitrogens with one attached hydrogen (secondary N) is 1. The van der Waals surface area contributed by atoms with Gasteiger partial charge in [0.2, 0.25) is 0 Å². The van der Waals surface area contributed by atoms with Gasteiger partial charge in [0, 0.05) is 34.0 Å². The predicted molar refractivity (Wildman–Crippen MR) is 80.6 cm³/mol. The third-order valence-corrected chi connectivity index (χ3v) is 5.59. The lowest BCUT2D eigenvalue weighted by atomic mass is 9.75. The number of halogens is 1. The summed E-state index contributed by atoms with van der Waals surface area (Å²) in [6.45, 7) is 0. The summed E-state index contributed by atoms with van der Waals surface area (Å²) < 4.78 is 2.36. The van der Waals surface area contributed by atoms with E-state index in [2.05, 4.69) is 27.4 Å². The van der Waals surface area contributed by atoms with Crippen LogP contribution in [0.4, 0.5) is 0 Å². The van der Waals surface area contributed by atoms with Crippen LogP contribution in [0.25, 0.3) is 0 Å². The Morgan fingerprint density at radius 2 is 1.89 bits per heavy atom. The third-order valence-electron chi connectivity index (χ3n) is 4.39. The zero-order valence-corrected chi connectivity index (χ0v) is 12.3. The summed E-state index contributed by atoms with van der Waals surface area (Å²) in [4.78, 5) is 0. The molecule has 0 unspecified atom stereocenters. The molecule has 2 nitrogen and oxygen atoms in total. The fourth-order valence-corrected chi connectivity index (χ4v) is 4.06. The van der Waals surface area contributed by atoms with Gasteiger partial charge in [-0.05, 0) is 55.3 Å². The lowest BCUT2D eigenvalue weighted by Crippen LogP contribution is -2.46. The van der Waals surface area contributed by atoms with Gasteiger partial charge in [-0.1, -0.05) is 23.7 Å². The molecule has 0 spiro atoms. The van der Waals surface area contributed by atoms with Crippen molar-refractivity contribution in [2.75, 3.05) is 0 Å². The quantitative estimate of drug-likeness (QED) is 0.836. The summed E-state index contributed by atoms with van der Waals surface area (Å²) in [7, 11) is 0. The lowest BCUT2D eigenvalue weighted by Gasteiger charge is -2.42. The second-order valence-corrected chi connectivity index (χ2v) is 6.97. The van der Waals surface area contributed by atoms with E-state index in [0.29, 0.717) is 12.0 Å². The highest BCUT2D eigenvalue weighted by Gasteiger charge is 2.40. The van der Waals surface area contributed by atoms with Gasteiger partial charge in [-0.2, -0.15) is 4.41 Å². The molecule has 2 atom stereocenters. The van der Waals surface area contributed by atoms with Gasteiger partial charge >= 0.3 is 0 Å². The van der Waals surface area contributed by atoms with Crippen LogP contribution in [0.5, 0.6) is 0 Å². The van der Waals surface area contributed by atoms with E-state index < -0.39 is 0 Å². The van der Waals surface area contributed by atoms with Crippen molar-refractivity contribution < 1.29 is 0 Å². The van der Waals surface area contributed by atoms with Crippen molar-refractivity contribution >= 4 is 23.5 Å². The van der Waals surface area contributed by atoms with Crippen LogP contribution in [0, 0.1) is 5.92 Å². The third kappa shape index (κ3) is 2.28. The average molecular weight is 293 g/mol. The van der Waals surface area contributed by atoms with E-state index in [-0.39, 0.29) is 0 Å². The van der Waals surface area contributed by atoms with Crippen molar-refractivity contribution in [3.63, 3.8) is 0 Å². The molecule has 100 valence electrons. The van der Waals surface area contributed by atoms with Gasteiger partial charge in [0.05, 0.1) is 0 Å². The van der Waals surface area contributed by atoms with E-state index in [1.165, 1.54) is 36.9 Å². The SMILES string of the molecule is Clc1ccc([C@@H]2CC[C@@H]2N2NC(C3CC3)=CS2)cc1. The van der Waals surface area contributed by atoms with Crippen molar-refractivity contribution in [2.24, 2.45) is 5.92 Å². The Morgan fingerprint density at radius 1 is 1.11 bits per heavy atom. The molecular formula is C15H17ClN2S. The Balaban J connectivity index is 1.44. The van der Waals surface area contributed by atoms with E-state index in [4.69, 9.17) is 11.6 Å². The minimum Gasteiger partial charge on any atom is -0.312 e. The molecule has 4 rings (SSSR count). The van der Waals surface area contributed by atoms with Crippen molar-refractivity contribution in [1.82, 2.24) is 9.84 Å². The molecule has 0 saturated heterocycles. The molecule has 0 aromatic heterocycles. The Kier molecular flexibility index (Phi) is 3.02. The van der Waals surface area contributed by atoms with Gasteiger partial charge in [0.1, 0.15) is 0 Å². The highest BCUT2D eigenvalue weighted by molar-refractivity contribution is 8.00. The maximum atomic E-state index is 5.97. The first-order chi connectivity index (χ1) is 9.31. The molecule has 0 bridgehead atoms. The highest BCUT2D eigenvalue weighted by atomic mass is 35.5. The van der Waals surface area contributed by atoms with Crippen molar-refractivity contribution in [3.05, 3.63) is 46.0 Å². The van der Waals surface area contributed by atoms with Crippen LogP contribution in [0.15, 0.2) is 35.4 Å². The van der Waals surface area contributed by atoms with E-state index in [1.807, 2.05) is 24.1 Å². The Bertz CT molecular complexity index is 509. The number of nitrogens with zero attached hydrogens (tertiary/aromatic N) is 1. The smallest absolute Gasteiger partial charge is 0.0478 e. The number of hydrazine groups is 1. The minimum atomic E-state index is 0.610. The zero-order chi connectivity index (χ0) is 12.8. The lowest BCUT2D eigenvalue weighted by molar-refractivity contribution is 0.166. The van der Waals surface area contributed by atoms with E-state index in [1.54, 1.807) is 0 Å². The van der Waals surface area contributed by atoms with Gasteiger partial charge in [-0.25, -0.2) is 0 Å². The molecule has 1 heterocycles. The molecule has 1 N–H and O–H groups in total. The second kappa shape index (κ2) is 4.72. The van der Waals surface area contributed by atoms with Crippen LogP contribution in [0.1, 0.15) is 37.2 Å². The van der Waals surface area contributed by atoms with Crippen molar-refractivity contribution in [3.8, 4) is 0 Å². The molecule has 0 amide bonds. The number of hydrogen-bond acceptors (Lipinski definition) is 3. The Hall–Kier alpha value is -0.640. The molecule has 2 aliphatic carbocycles. The van der Waals surface area contributed by atoms with Gasteiger partial charge in [0.15, 0.2) is 0 Å². The molecule has 3 aliphatic rings. The first-order valence-corrected chi connectivity index (χ1v) is 8.21. The molecule has 0 radical (unpaired) electrons. The molecular weight excluding hydrogens is 276 g/mol. The van der Waals surface area contributed by atoms with Gasteiger partial charge in [0.25, 0.3) is 0 Å². The van der Waals surface area contributed by atoms with Crippen LogP contribution in [-0.2, 0) is 0 Å². The fraction of sp³-hybridized carbons (Fsp3) is 0.467. The van der Waals surface area contributed by atoms with E-state index >= 15 is 0 Å². The first-order valence-electron chi connectivity index (χ1n) is 6.99. The number of allylic oxidation sites excluding steroid dienone is 1. The number of rotatable bonds is 3. The minimum absolute atomic E-state index is 0.610. The topological polar surface area (TPSA) is 15.3 Å². The standard InChI is InChI=1S/C15H17ClN2S/c16-12-5-3-10(4-6-12)13-7-8-15(13)18-17-14(9-19-18)11-1-2-11/h3-6,9,11,13,15,17H,1-2,7-8H2/t13-,15-/m0/s1. The zero-order valence-electron chi connectivity index (χ0n) is 10.7. The molecule has 2 fully saturated rings. The molecule has 4 heteroatoms. The number of benzene rings is 1. The van der Waals surface area contributed by atoms with Crippen LogP contribution >= 0.6 is 23.5 Å². The average Bonchev–Trinajstić information content (AvgIpc) is 3.12. The molecule has 1 aromatic rings. The van der Waals surface area contributed by atoms with Gasteiger partial charge in [-0.3, -0.25) is 0 Å². The molecule has 2 saturated carbocycles. The summed E-state index contributed by atoms with van der Waals surface area (Å²) >= 11 is 7.81. The van der Waals surface area contributed by atoms with Crippen LogP contribution in [0.2, 0.25) is 5.02 Å². The molecule has 1 aromatic carbocycles. The van der Waals surface area contributed by atoms with Gasteiger partial charge < -0.3 is 5.43 Å². The maximum Gasteiger partial charge on any atom is 0.0478 e. The highest BCUT2D eigenvalue weighted by Crippen LogP contribution is 2.46. The summed E-state index contributed by atoms with van der Waals surface area (Å²) in [5.74, 6) is 1.45. The van der Waals surface area contributed by atoms with Crippen LogP contribution in [0.3, 0.4) is 0 Å². The largest absolute Gasteiger partial charge is 0.312 e. The Labute approximate surface area is 123 Å². The fourth-order valence-electron chi connectivity index (χ4n) is 2.90. The maximum absolute atomic E-state index is 5.97. The summed E-state index contributed by atoms with van der Waals surface area (Å²) in [5, 5.41) is 3.13. The summed E-state index contributed by atoms with van der Waals surface area (Å²) in [6.07, 6.45) is 5.28.